The van der Waals surface area contributed by atoms with Crippen molar-refractivity contribution in [2.75, 3.05) is 14.1 Å². The molecule has 2 aliphatic rings. The highest BCUT2D eigenvalue weighted by Gasteiger charge is 2.38. The lowest BCUT2D eigenvalue weighted by molar-refractivity contribution is -0.125. The predicted molar refractivity (Wildman–Crippen MR) is 88.9 cm³/mol. The lowest BCUT2D eigenvalue weighted by atomic mass is 9.83. The molecule has 3 atom stereocenters. The third-order valence-corrected chi connectivity index (χ3v) is 5.22. The van der Waals surface area contributed by atoms with Crippen LogP contribution < -0.4 is 0 Å². The highest BCUT2D eigenvalue weighted by Crippen LogP contribution is 2.47. The zero-order valence-corrected chi connectivity index (χ0v) is 13.6. The molecule has 2 nitrogen and oxygen atoms in total. The molecule has 4 rings (SSSR count). The summed E-state index contributed by atoms with van der Waals surface area (Å²) in [6, 6.07) is 13.8. The molecule has 1 heterocycles. The van der Waals surface area contributed by atoms with Crippen LogP contribution in [0.2, 0.25) is 0 Å². The normalized spacial score (nSPS) is 26.2. The van der Waals surface area contributed by atoms with Crippen molar-refractivity contribution < 1.29 is 9.13 Å². The van der Waals surface area contributed by atoms with Crippen LogP contribution in [0.5, 0.6) is 0 Å². The summed E-state index contributed by atoms with van der Waals surface area (Å²) in [5.41, 5.74) is 4.93. The SMILES string of the molecule is CN(C)[C@H]1CC[C@@H]2c3ccccc3Cc3ccc(F)cc3[C@H]2O1. The molecule has 0 amide bonds. The summed E-state index contributed by atoms with van der Waals surface area (Å²) in [7, 11) is 4.09. The van der Waals surface area contributed by atoms with Gasteiger partial charge in [0.1, 0.15) is 12.0 Å². The van der Waals surface area contributed by atoms with E-state index in [9.17, 15) is 4.39 Å². The fourth-order valence-electron chi connectivity index (χ4n) is 4.05. The number of ether oxygens (including phenoxy) is 1. The number of rotatable bonds is 1. The van der Waals surface area contributed by atoms with Gasteiger partial charge < -0.3 is 4.74 Å². The van der Waals surface area contributed by atoms with Gasteiger partial charge in [-0.1, -0.05) is 30.3 Å². The Kier molecular flexibility index (Phi) is 3.70. The number of benzene rings is 2. The van der Waals surface area contributed by atoms with Gasteiger partial charge in [-0.25, -0.2) is 4.39 Å². The Labute approximate surface area is 136 Å². The average Bonchev–Trinajstić information content (AvgIpc) is 2.69. The van der Waals surface area contributed by atoms with Gasteiger partial charge in [-0.15, -0.1) is 0 Å². The molecule has 0 radical (unpaired) electrons. The molecule has 0 aromatic heterocycles. The quantitative estimate of drug-likeness (QED) is 0.780. The van der Waals surface area contributed by atoms with E-state index in [-0.39, 0.29) is 18.1 Å². The third-order valence-electron chi connectivity index (χ3n) is 5.22. The van der Waals surface area contributed by atoms with Gasteiger partial charge in [-0.2, -0.15) is 0 Å². The minimum atomic E-state index is -0.177. The van der Waals surface area contributed by atoms with Crippen LogP contribution in [-0.4, -0.2) is 25.2 Å². The second-order valence-electron chi connectivity index (χ2n) is 6.88. The number of halogens is 1. The summed E-state index contributed by atoms with van der Waals surface area (Å²) >= 11 is 0. The van der Waals surface area contributed by atoms with E-state index in [2.05, 4.69) is 29.2 Å². The van der Waals surface area contributed by atoms with Crippen molar-refractivity contribution >= 4 is 0 Å². The van der Waals surface area contributed by atoms with Crippen LogP contribution in [-0.2, 0) is 11.2 Å². The van der Waals surface area contributed by atoms with Gasteiger partial charge in [0.25, 0.3) is 0 Å². The van der Waals surface area contributed by atoms with Crippen molar-refractivity contribution in [2.24, 2.45) is 0 Å². The van der Waals surface area contributed by atoms with E-state index in [1.54, 1.807) is 12.1 Å². The van der Waals surface area contributed by atoms with Crippen molar-refractivity contribution in [3.63, 3.8) is 0 Å². The van der Waals surface area contributed by atoms with Crippen molar-refractivity contribution in [1.82, 2.24) is 4.90 Å². The highest BCUT2D eigenvalue weighted by atomic mass is 19.1. The van der Waals surface area contributed by atoms with Crippen LogP contribution in [0.4, 0.5) is 4.39 Å². The second kappa shape index (κ2) is 5.73. The van der Waals surface area contributed by atoms with Gasteiger partial charge in [-0.3, -0.25) is 4.90 Å². The first-order valence-electron chi connectivity index (χ1n) is 8.31. The van der Waals surface area contributed by atoms with Crippen molar-refractivity contribution in [2.45, 2.75) is 37.5 Å². The lowest BCUT2D eigenvalue weighted by Crippen LogP contribution is -2.37. The van der Waals surface area contributed by atoms with E-state index in [0.717, 1.165) is 24.8 Å². The monoisotopic (exact) mass is 311 g/mol. The van der Waals surface area contributed by atoms with E-state index in [1.165, 1.54) is 16.7 Å². The fourth-order valence-corrected chi connectivity index (χ4v) is 4.05. The molecule has 1 aliphatic carbocycles. The van der Waals surface area contributed by atoms with Crippen molar-refractivity contribution in [3.8, 4) is 0 Å². The van der Waals surface area contributed by atoms with Crippen LogP contribution in [0.25, 0.3) is 0 Å². The van der Waals surface area contributed by atoms with E-state index in [0.29, 0.717) is 5.92 Å². The molecule has 0 N–H and O–H groups in total. The topological polar surface area (TPSA) is 12.5 Å². The number of hydrogen-bond acceptors (Lipinski definition) is 2. The van der Waals surface area contributed by atoms with Crippen LogP contribution in [0, 0.1) is 5.82 Å². The Morgan fingerprint density at radius 3 is 2.61 bits per heavy atom. The minimum absolute atomic E-state index is 0.0644. The van der Waals surface area contributed by atoms with E-state index in [1.807, 2.05) is 20.2 Å². The summed E-state index contributed by atoms with van der Waals surface area (Å²) in [5.74, 6) is 0.134. The number of nitrogens with zero attached hydrogens (tertiary/aromatic N) is 1. The molecule has 0 bridgehead atoms. The maximum Gasteiger partial charge on any atom is 0.123 e. The van der Waals surface area contributed by atoms with Crippen LogP contribution in [0.15, 0.2) is 42.5 Å². The van der Waals surface area contributed by atoms with E-state index in [4.69, 9.17) is 4.74 Å². The van der Waals surface area contributed by atoms with Gasteiger partial charge in [0.05, 0.1) is 6.10 Å². The van der Waals surface area contributed by atoms with Gasteiger partial charge in [0.15, 0.2) is 0 Å². The third kappa shape index (κ3) is 2.58. The maximum absolute atomic E-state index is 13.9. The van der Waals surface area contributed by atoms with Crippen molar-refractivity contribution in [3.05, 3.63) is 70.5 Å². The Morgan fingerprint density at radius 2 is 1.78 bits per heavy atom. The molecule has 3 heteroatoms. The Bertz CT molecular complexity index is 727. The fraction of sp³-hybridized carbons (Fsp3) is 0.400. The highest BCUT2D eigenvalue weighted by molar-refractivity contribution is 5.44. The first-order valence-corrected chi connectivity index (χ1v) is 8.31. The molecule has 1 aliphatic heterocycles. The summed E-state index contributed by atoms with van der Waals surface area (Å²) in [4.78, 5) is 2.12. The average molecular weight is 311 g/mol. The molecule has 23 heavy (non-hydrogen) atoms. The number of fused-ring (bicyclic) bond motifs is 5. The van der Waals surface area contributed by atoms with Crippen LogP contribution in [0.1, 0.15) is 47.1 Å². The number of hydrogen-bond donors (Lipinski definition) is 0. The Balaban J connectivity index is 1.85. The summed E-state index contributed by atoms with van der Waals surface area (Å²) in [6.07, 6.45) is 2.96. The molecule has 0 unspecified atom stereocenters. The Morgan fingerprint density at radius 1 is 1.00 bits per heavy atom. The smallest absolute Gasteiger partial charge is 0.123 e. The zero-order valence-electron chi connectivity index (χ0n) is 13.6. The van der Waals surface area contributed by atoms with Crippen molar-refractivity contribution in [1.29, 1.82) is 0 Å². The molecular weight excluding hydrogens is 289 g/mol. The van der Waals surface area contributed by atoms with Gasteiger partial charge in [0.2, 0.25) is 0 Å². The standard InChI is InChI=1S/C20H22FNO/c1-22(2)19-10-9-17-16-6-4-3-5-13(16)11-14-7-8-15(21)12-18(14)20(17)23-19/h3-8,12,17,19-20H,9-11H2,1-2H3/t17-,19-,20+/m1/s1. The maximum atomic E-state index is 13.9. The predicted octanol–water partition coefficient (Wildman–Crippen LogP) is 4.25. The van der Waals surface area contributed by atoms with Gasteiger partial charge in [0, 0.05) is 5.92 Å². The largest absolute Gasteiger partial charge is 0.355 e. The second-order valence-corrected chi connectivity index (χ2v) is 6.88. The minimum Gasteiger partial charge on any atom is -0.355 e. The molecule has 0 saturated carbocycles. The molecule has 1 fully saturated rings. The van der Waals surface area contributed by atoms with Gasteiger partial charge >= 0.3 is 0 Å². The molecule has 1 saturated heterocycles. The van der Waals surface area contributed by atoms with E-state index >= 15 is 0 Å². The first-order chi connectivity index (χ1) is 11.1. The van der Waals surface area contributed by atoms with Gasteiger partial charge in [-0.05, 0) is 67.7 Å². The molecule has 2 aromatic rings. The summed E-state index contributed by atoms with van der Waals surface area (Å²) in [6.45, 7) is 0. The molecular formula is C20H22FNO. The Hall–Kier alpha value is -1.71. The summed E-state index contributed by atoms with van der Waals surface area (Å²) in [5, 5.41) is 0. The molecule has 0 spiro atoms. The molecule has 2 aromatic carbocycles. The van der Waals surface area contributed by atoms with E-state index < -0.39 is 0 Å². The van der Waals surface area contributed by atoms with Crippen LogP contribution >= 0.6 is 0 Å². The first kappa shape index (κ1) is 14.9. The summed E-state index contributed by atoms with van der Waals surface area (Å²) < 4.78 is 20.3. The zero-order chi connectivity index (χ0) is 16.0. The van der Waals surface area contributed by atoms with Crippen LogP contribution in [0.3, 0.4) is 0 Å². The lowest BCUT2D eigenvalue weighted by Gasteiger charge is -2.39. The molecule has 120 valence electrons.